The largest absolute Gasteiger partial charge is 0.497 e. The maximum absolute atomic E-state index is 13.6. The lowest BCUT2D eigenvalue weighted by Gasteiger charge is -2.17. The topological polar surface area (TPSA) is 47.6 Å². The van der Waals surface area contributed by atoms with Crippen LogP contribution in [-0.2, 0) is 4.74 Å². The molecule has 0 unspecified atom stereocenters. The predicted octanol–water partition coefficient (Wildman–Crippen LogP) is 3.09. The highest BCUT2D eigenvalue weighted by molar-refractivity contribution is 5.94. The molecule has 1 amide bonds. The Balaban J connectivity index is 2.06. The first-order valence-electron chi connectivity index (χ1n) is 6.95. The molecule has 0 saturated carbocycles. The zero-order valence-corrected chi connectivity index (χ0v) is 12.8. The van der Waals surface area contributed by atoms with Gasteiger partial charge in [-0.15, -0.1) is 0 Å². The highest BCUT2D eigenvalue weighted by Crippen LogP contribution is 2.21. The Labute approximate surface area is 133 Å². The number of amides is 1. The number of hydrogen-bond acceptors (Lipinski definition) is 3. The maximum atomic E-state index is 13.6. The summed E-state index contributed by atoms with van der Waals surface area (Å²) in [5.74, 6) is -1.60. The quantitative estimate of drug-likeness (QED) is 0.889. The number of methoxy groups -OCH3 is 2. The number of benzene rings is 2. The molecule has 2 aromatic rings. The van der Waals surface area contributed by atoms with Crippen molar-refractivity contribution < 1.29 is 23.0 Å². The summed E-state index contributed by atoms with van der Waals surface area (Å²) in [5, 5.41) is 2.58. The SMILES string of the molecule is COc1cccc([C@@H](CNC(=O)c2ccc(F)cc2F)OC)c1. The number of carbonyl (C=O) groups excluding carboxylic acids is 1. The van der Waals surface area contributed by atoms with E-state index in [2.05, 4.69) is 5.32 Å². The van der Waals surface area contributed by atoms with Crippen LogP contribution in [0, 0.1) is 11.6 Å². The minimum atomic E-state index is -0.905. The second kappa shape index (κ2) is 7.69. The molecule has 0 aliphatic rings. The summed E-state index contributed by atoms with van der Waals surface area (Å²) in [5.41, 5.74) is 0.596. The van der Waals surface area contributed by atoms with Crippen LogP contribution in [0.1, 0.15) is 22.0 Å². The molecular formula is C17H17F2NO3. The third-order valence-electron chi connectivity index (χ3n) is 3.37. The lowest BCUT2D eigenvalue weighted by molar-refractivity contribution is 0.0824. The van der Waals surface area contributed by atoms with Gasteiger partial charge in [0.15, 0.2) is 0 Å². The molecule has 0 aromatic heterocycles. The van der Waals surface area contributed by atoms with E-state index in [0.717, 1.165) is 17.7 Å². The molecule has 0 aliphatic heterocycles. The van der Waals surface area contributed by atoms with Crippen molar-refractivity contribution in [3.05, 3.63) is 65.2 Å². The van der Waals surface area contributed by atoms with Gasteiger partial charge < -0.3 is 14.8 Å². The second-order valence-corrected chi connectivity index (χ2v) is 4.84. The molecule has 2 rings (SSSR count). The number of carbonyl (C=O) groups is 1. The van der Waals surface area contributed by atoms with E-state index in [9.17, 15) is 13.6 Å². The first kappa shape index (κ1) is 16.9. The van der Waals surface area contributed by atoms with E-state index in [1.807, 2.05) is 12.1 Å². The fourth-order valence-electron chi connectivity index (χ4n) is 2.13. The molecule has 1 N–H and O–H groups in total. The van der Waals surface area contributed by atoms with Gasteiger partial charge in [-0.05, 0) is 29.8 Å². The van der Waals surface area contributed by atoms with Gasteiger partial charge in [-0.1, -0.05) is 12.1 Å². The van der Waals surface area contributed by atoms with Gasteiger partial charge in [-0.2, -0.15) is 0 Å². The van der Waals surface area contributed by atoms with E-state index in [1.54, 1.807) is 19.2 Å². The van der Waals surface area contributed by atoms with Gasteiger partial charge in [0.05, 0.1) is 18.8 Å². The van der Waals surface area contributed by atoms with Gasteiger partial charge in [0.2, 0.25) is 0 Å². The van der Waals surface area contributed by atoms with Crippen molar-refractivity contribution in [3.63, 3.8) is 0 Å². The Morgan fingerprint density at radius 3 is 2.61 bits per heavy atom. The highest BCUT2D eigenvalue weighted by atomic mass is 19.1. The molecule has 122 valence electrons. The van der Waals surface area contributed by atoms with E-state index >= 15 is 0 Å². The predicted molar refractivity (Wildman–Crippen MR) is 81.4 cm³/mol. The lowest BCUT2D eigenvalue weighted by Crippen LogP contribution is -2.29. The summed E-state index contributed by atoms with van der Waals surface area (Å²) < 4.78 is 36.9. The number of hydrogen-bond donors (Lipinski definition) is 1. The van der Waals surface area contributed by atoms with E-state index in [4.69, 9.17) is 9.47 Å². The third-order valence-corrected chi connectivity index (χ3v) is 3.37. The van der Waals surface area contributed by atoms with Crippen LogP contribution >= 0.6 is 0 Å². The van der Waals surface area contributed by atoms with Crippen LogP contribution in [0.15, 0.2) is 42.5 Å². The van der Waals surface area contributed by atoms with Crippen LogP contribution in [0.25, 0.3) is 0 Å². The van der Waals surface area contributed by atoms with E-state index in [-0.39, 0.29) is 12.1 Å². The molecule has 6 heteroatoms. The standard InChI is InChI=1S/C17H17F2NO3/c1-22-13-5-3-4-11(8-13)16(23-2)10-20-17(21)14-7-6-12(18)9-15(14)19/h3-9,16H,10H2,1-2H3,(H,20,21)/t16-/m1/s1. The fourth-order valence-corrected chi connectivity index (χ4v) is 2.13. The minimum Gasteiger partial charge on any atom is -0.497 e. The summed E-state index contributed by atoms with van der Waals surface area (Å²) in [4.78, 5) is 12.0. The first-order chi connectivity index (χ1) is 11.0. The fraction of sp³-hybridized carbons (Fsp3) is 0.235. The summed E-state index contributed by atoms with van der Waals surface area (Å²) >= 11 is 0. The third kappa shape index (κ3) is 4.26. The molecule has 0 radical (unpaired) electrons. The Kier molecular flexibility index (Phi) is 5.65. The van der Waals surface area contributed by atoms with Gasteiger partial charge in [-0.3, -0.25) is 4.79 Å². The zero-order chi connectivity index (χ0) is 16.8. The normalized spacial score (nSPS) is 11.8. The van der Waals surface area contributed by atoms with Crippen molar-refractivity contribution >= 4 is 5.91 Å². The van der Waals surface area contributed by atoms with Crippen molar-refractivity contribution in [1.29, 1.82) is 0 Å². The summed E-state index contributed by atoms with van der Waals surface area (Å²) in [6, 6.07) is 10.0. The molecular weight excluding hydrogens is 304 g/mol. The molecule has 23 heavy (non-hydrogen) atoms. The van der Waals surface area contributed by atoms with Gasteiger partial charge >= 0.3 is 0 Å². The molecule has 0 heterocycles. The zero-order valence-electron chi connectivity index (χ0n) is 12.8. The Morgan fingerprint density at radius 2 is 1.96 bits per heavy atom. The summed E-state index contributed by atoms with van der Waals surface area (Å²) in [7, 11) is 3.06. The summed E-state index contributed by atoms with van der Waals surface area (Å²) in [6.07, 6.45) is -0.419. The first-order valence-corrected chi connectivity index (χ1v) is 6.95. The average Bonchev–Trinajstić information content (AvgIpc) is 2.55. The van der Waals surface area contributed by atoms with Crippen molar-refractivity contribution in [2.45, 2.75) is 6.10 Å². The van der Waals surface area contributed by atoms with Crippen LogP contribution < -0.4 is 10.1 Å². The van der Waals surface area contributed by atoms with Crippen LogP contribution in [0.3, 0.4) is 0 Å². The van der Waals surface area contributed by atoms with Crippen LogP contribution in [-0.4, -0.2) is 26.7 Å². The molecule has 1 atom stereocenters. The van der Waals surface area contributed by atoms with E-state index in [1.165, 1.54) is 7.11 Å². The Bertz CT molecular complexity index is 691. The number of halogens is 2. The van der Waals surface area contributed by atoms with Crippen LogP contribution in [0.4, 0.5) is 8.78 Å². The monoisotopic (exact) mass is 321 g/mol. The van der Waals surface area contributed by atoms with Crippen molar-refractivity contribution in [3.8, 4) is 5.75 Å². The van der Waals surface area contributed by atoms with Crippen LogP contribution in [0.5, 0.6) is 5.75 Å². The average molecular weight is 321 g/mol. The van der Waals surface area contributed by atoms with Gasteiger partial charge in [0, 0.05) is 19.7 Å². The lowest BCUT2D eigenvalue weighted by atomic mass is 10.1. The van der Waals surface area contributed by atoms with Crippen molar-refractivity contribution in [1.82, 2.24) is 5.32 Å². The van der Waals surface area contributed by atoms with Gasteiger partial charge in [0.1, 0.15) is 17.4 Å². The molecule has 0 aliphatic carbocycles. The second-order valence-electron chi connectivity index (χ2n) is 4.84. The van der Waals surface area contributed by atoms with E-state index in [0.29, 0.717) is 11.8 Å². The number of rotatable bonds is 6. The molecule has 2 aromatic carbocycles. The van der Waals surface area contributed by atoms with Crippen molar-refractivity contribution in [2.75, 3.05) is 20.8 Å². The van der Waals surface area contributed by atoms with Crippen LogP contribution in [0.2, 0.25) is 0 Å². The molecule has 0 spiro atoms. The van der Waals surface area contributed by atoms with E-state index < -0.39 is 23.6 Å². The molecule has 0 saturated heterocycles. The summed E-state index contributed by atoms with van der Waals surface area (Å²) in [6.45, 7) is 0.138. The number of ether oxygens (including phenoxy) is 2. The van der Waals surface area contributed by atoms with Gasteiger partial charge in [0.25, 0.3) is 5.91 Å². The van der Waals surface area contributed by atoms with Gasteiger partial charge in [-0.25, -0.2) is 8.78 Å². The maximum Gasteiger partial charge on any atom is 0.254 e. The molecule has 0 fully saturated rings. The number of nitrogens with one attached hydrogen (secondary N) is 1. The highest BCUT2D eigenvalue weighted by Gasteiger charge is 2.16. The smallest absolute Gasteiger partial charge is 0.254 e. The minimum absolute atomic E-state index is 0.138. The molecule has 0 bridgehead atoms. The van der Waals surface area contributed by atoms with Crippen molar-refractivity contribution in [2.24, 2.45) is 0 Å². The molecule has 4 nitrogen and oxygen atoms in total. The Hall–Kier alpha value is -2.47. The Morgan fingerprint density at radius 1 is 1.17 bits per heavy atom.